The van der Waals surface area contributed by atoms with Gasteiger partial charge in [-0.2, -0.15) is 13.2 Å². The predicted octanol–water partition coefficient (Wildman–Crippen LogP) is 0.723. The Morgan fingerprint density at radius 3 is 2.53 bits per heavy atom. The molecule has 0 unspecified atom stereocenters. The molecule has 1 heterocycles. The third-order valence-electron chi connectivity index (χ3n) is 1.96. The monoisotopic (exact) mass is 244 g/mol. The van der Waals surface area contributed by atoms with Gasteiger partial charge in [0, 0.05) is 7.05 Å². The minimum atomic E-state index is -4.71. The second kappa shape index (κ2) is 4.64. The molecule has 2 radical (unpaired) electrons. The molecule has 4 nitrogen and oxygen atoms in total. The van der Waals surface area contributed by atoms with E-state index in [2.05, 4.69) is 15.0 Å². The van der Waals surface area contributed by atoms with Crippen molar-refractivity contribution in [2.45, 2.75) is 6.18 Å². The van der Waals surface area contributed by atoms with Crippen molar-refractivity contribution in [3.05, 3.63) is 17.3 Å². The van der Waals surface area contributed by atoms with Crippen LogP contribution in [0.1, 0.15) is 16.1 Å². The van der Waals surface area contributed by atoms with Gasteiger partial charge >= 0.3 is 12.1 Å². The Balaban J connectivity index is 3.52. The zero-order valence-electron chi connectivity index (χ0n) is 9.05. The number of carbonyl (C=O) groups excluding carboxylic acids is 1. The van der Waals surface area contributed by atoms with Crippen LogP contribution in [-0.2, 0) is 10.9 Å². The van der Waals surface area contributed by atoms with Gasteiger partial charge < -0.3 is 10.1 Å². The molecule has 90 valence electrons. The van der Waals surface area contributed by atoms with E-state index in [1.54, 1.807) is 0 Å². The highest BCUT2D eigenvalue weighted by Gasteiger charge is 2.37. The van der Waals surface area contributed by atoms with Gasteiger partial charge in [-0.05, 0) is 11.7 Å². The van der Waals surface area contributed by atoms with Crippen LogP contribution < -0.4 is 10.9 Å². The molecule has 1 N–H and O–H groups in total. The summed E-state index contributed by atoms with van der Waals surface area (Å²) in [7, 11) is 7.53. The van der Waals surface area contributed by atoms with Gasteiger partial charge in [-0.25, -0.2) is 4.79 Å². The zero-order valence-corrected chi connectivity index (χ0v) is 9.05. The second-order valence-corrected chi connectivity index (χ2v) is 3.06. The fraction of sp³-hybridized carbons (Fsp3) is 0.333. The number of hydrogen-bond acceptors (Lipinski definition) is 4. The topological polar surface area (TPSA) is 51.2 Å². The third kappa shape index (κ3) is 2.69. The Kier molecular flexibility index (Phi) is 3.64. The molecular formula is C9H8BF3N2O2. The number of aromatic nitrogens is 1. The summed E-state index contributed by atoms with van der Waals surface area (Å²) >= 11 is 0. The number of anilines is 1. The summed E-state index contributed by atoms with van der Waals surface area (Å²) in [5, 5.41) is 2.27. The molecule has 0 aliphatic rings. The molecule has 0 aliphatic carbocycles. The first-order valence-electron chi connectivity index (χ1n) is 4.45. The molecular weight excluding hydrogens is 236 g/mol. The lowest BCUT2D eigenvalue weighted by atomic mass is 9.99. The Morgan fingerprint density at radius 2 is 2.12 bits per heavy atom. The fourth-order valence-corrected chi connectivity index (χ4v) is 1.29. The van der Waals surface area contributed by atoms with Crippen LogP contribution in [0, 0.1) is 0 Å². The molecule has 0 saturated heterocycles. The largest absolute Gasteiger partial charge is 0.465 e. The smallest absolute Gasteiger partial charge is 0.435 e. The van der Waals surface area contributed by atoms with Gasteiger partial charge in [0.25, 0.3) is 0 Å². The summed E-state index contributed by atoms with van der Waals surface area (Å²) < 4.78 is 42.3. The minimum Gasteiger partial charge on any atom is -0.465 e. The third-order valence-corrected chi connectivity index (χ3v) is 1.96. The van der Waals surface area contributed by atoms with Crippen molar-refractivity contribution in [3.63, 3.8) is 0 Å². The molecule has 0 amide bonds. The van der Waals surface area contributed by atoms with E-state index in [0.717, 1.165) is 13.2 Å². The fourth-order valence-electron chi connectivity index (χ4n) is 1.29. The average molecular weight is 244 g/mol. The van der Waals surface area contributed by atoms with Gasteiger partial charge in [0.1, 0.15) is 7.85 Å². The quantitative estimate of drug-likeness (QED) is 0.615. The van der Waals surface area contributed by atoms with Crippen LogP contribution in [0.2, 0.25) is 0 Å². The van der Waals surface area contributed by atoms with Crippen LogP contribution in [0.5, 0.6) is 0 Å². The Hall–Kier alpha value is -1.73. The Bertz CT molecular complexity index is 449. The summed E-state index contributed by atoms with van der Waals surface area (Å²) in [5.74, 6) is -0.922. The van der Waals surface area contributed by atoms with Crippen molar-refractivity contribution < 1.29 is 22.7 Å². The molecule has 1 aromatic heterocycles. The number of nitrogens with one attached hydrogen (secondary N) is 1. The van der Waals surface area contributed by atoms with E-state index in [1.807, 2.05) is 0 Å². The lowest BCUT2D eigenvalue weighted by molar-refractivity contribution is -0.140. The van der Waals surface area contributed by atoms with Crippen LogP contribution in [0.15, 0.2) is 6.07 Å². The van der Waals surface area contributed by atoms with Crippen molar-refractivity contribution in [2.75, 3.05) is 19.5 Å². The molecule has 0 fully saturated rings. The number of halogens is 3. The van der Waals surface area contributed by atoms with Gasteiger partial charge in [0.15, 0.2) is 5.69 Å². The zero-order chi connectivity index (χ0) is 13.2. The number of methoxy groups -OCH3 is 1. The summed E-state index contributed by atoms with van der Waals surface area (Å²) in [6, 6.07) is 1.02. The SMILES string of the molecule is [B]c1cc(C(=O)OC)c(NC)c(C(F)(F)F)n1. The van der Waals surface area contributed by atoms with Crippen LogP contribution in [0.25, 0.3) is 0 Å². The Labute approximate surface area is 96.6 Å². The van der Waals surface area contributed by atoms with Crippen molar-refractivity contribution in [1.29, 1.82) is 0 Å². The first-order chi connectivity index (χ1) is 7.81. The Morgan fingerprint density at radius 1 is 1.53 bits per heavy atom. The van der Waals surface area contributed by atoms with E-state index in [1.165, 1.54) is 7.05 Å². The van der Waals surface area contributed by atoms with Crippen molar-refractivity contribution in [3.8, 4) is 0 Å². The molecule has 0 atom stereocenters. The highest BCUT2D eigenvalue weighted by Crippen LogP contribution is 2.34. The normalized spacial score (nSPS) is 11.1. The standard InChI is InChI=1S/C9H8BF3N2O2/c1-14-6-4(8(16)17-2)3-5(10)15-7(6)9(11,12)13/h3,14H,1-2H3. The van der Waals surface area contributed by atoms with Crippen molar-refractivity contribution in [1.82, 2.24) is 4.98 Å². The van der Waals surface area contributed by atoms with Crippen molar-refractivity contribution >= 4 is 25.1 Å². The van der Waals surface area contributed by atoms with Crippen LogP contribution in [-0.4, -0.2) is 33.0 Å². The number of pyridine rings is 1. The van der Waals surface area contributed by atoms with Gasteiger partial charge in [0.2, 0.25) is 0 Å². The number of hydrogen-bond donors (Lipinski definition) is 1. The molecule has 1 aromatic rings. The molecule has 17 heavy (non-hydrogen) atoms. The highest BCUT2D eigenvalue weighted by molar-refractivity contribution is 6.31. The van der Waals surface area contributed by atoms with Gasteiger partial charge in [-0.3, -0.25) is 4.98 Å². The number of ether oxygens (including phenoxy) is 1. The van der Waals surface area contributed by atoms with E-state index in [0.29, 0.717) is 0 Å². The molecule has 1 rings (SSSR count). The van der Waals surface area contributed by atoms with E-state index < -0.39 is 29.1 Å². The predicted molar refractivity (Wildman–Crippen MR) is 55.5 cm³/mol. The van der Waals surface area contributed by atoms with Gasteiger partial charge in [-0.15, -0.1) is 0 Å². The number of carbonyl (C=O) groups is 1. The first kappa shape index (κ1) is 13.3. The second-order valence-electron chi connectivity index (χ2n) is 3.06. The molecule has 0 aromatic carbocycles. The minimum absolute atomic E-state index is 0.310. The number of alkyl halides is 3. The molecule has 8 heteroatoms. The van der Waals surface area contributed by atoms with Crippen LogP contribution >= 0.6 is 0 Å². The molecule has 0 aliphatic heterocycles. The number of rotatable bonds is 2. The van der Waals surface area contributed by atoms with Crippen LogP contribution in [0.3, 0.4) is 0 Å². The average Bonchev–Trinajstić information content (AvgIpc) is 2.25. The van der Waals surface area contributed by atoms with E-state index in [-0.39, 0.29) is 5.56 Å². The lowest BCUT2D eigenvalue weighted by Crippen LogP contribution is -2.23. The van der Waals surface area contributed by atoms with E-state index in [4.69, 9.17) is 7.85 Å². The van der Waals surface area contributed by atoms with Gasteiger partial charge in [-0.1, -0.05) is 0 Å². The molecule has 0 spiro atoms. The number of esters is 1. The highest BCUT2D eigenvalue weighted by atomic mass is 19.4. The maximum atomic E-state index is 12.7. The van der Waals surface area contributed by atoms with E-state index >= 15 is 0 Å². The molecule has 0 saturated carbocycles. The molecule has 0 bridgehead atoms. The first-order valence-corrected chi connectivity index (χ1v) is 4.45. The summed E-state index contributed by atoms with van der Waals surface area (Å²) in [4.78, 5) is 14.5. The lowest BCUT2D eigenvalue weighted by Gasteiger charge is -2.15. The van der Waals surface area contributed by atoms with Gasteiger partial charge in [0.05, 0.1) is 18.4 Å². The summed E-state index contributed by atoms with van der Waals surface area (Å²) in [6.45, 7) is 0. The van der Waals surface area contributed by atoms with Crippen molar-refractivity contribution in [2.24, 2.45) is 0 Å². The maximum absolute atomic E-state index is 12.7. The van der Waals surface area contributed by atoms with E-state index in [9.17, 15) is 18.0 Å². The van der Waals surface area contributed by atoms with Crippen LogP contribution in [0.4, 0.5) is 18.9 Å². The maximum Gasteiger partial charge on any atom is 0.435 e. The number of nitrogens with zero attached hydrogens (tertiary/aromatic N) is 1. The summed E-state index contributed by atoms with van der Waals surface area (Å²) in [5.41, 5.74) is -2.43. The summed E-state index contributed by atoms with van der Waals surface area (Å²) in [6.07, 6.45) is -4.71.